The third-order valence-electron chi connectivity index (χ3n) is 3.14. The molecule has 0 aliphatic rings. The van der Waals surface area contributed by atoms with Gasteiger partial charge in [0.2, 0.25) is 0 Å². The van der Waals surface area contributed by atoms with Gasteiger partial charge in [-0.25, -0.2) is 0 Å². The molecule has 2 nitrogen and oxygen atoms in total. The normalized spacial score (nSPS) is 14.5. The third kappa shape index (κ3) is 3.76. The molecule has 1 aromatic rings. The Kier molecular flexibility index (Phi) is 4.66. The van der Waals surface area contributed by atoms with E-state index >= 15 is 0 Å². The van der Waals surface area contributed by atoms with E-state index in [2.05, 4.69) is 38.2 Å². The first-order chi connectivity index (χ1) is 7.52. The molecule has 0 saturated carbocycles. The fourth-order valence-electron chi connectivity index (χ4n) is 1.88. The van der Waals surface area contributed by atoms with Crippen LogP contribution < -0.4 is 11.1 Å². The average molecular weight is 220 g/mol. The number of aryl methyl sites for hydroxylation is 1. The molecule has 0 amide bonds. The number of hydrogen-bond acceptors (Lipinski definition) is 2. The quantitative estimate of drug-likeness (QED) is 0.740. The van der Waals surface area contributed by atoms with Crippen LogP contribution in [0.15, 0.2) is 18.2 Å². The number of nitrogens with one attached hydrogen (secondary N) is 1. The Hall–Kier alpha value is -1.18. The summed E-state index contributed by atoms with van der Waals surface area (Å²) in [5.74, 6) is 0.775. The van der Waals surface area contributed by atoms with Gasteiger partial charge in [0.05, 0.1) is 0 Å². The van der Waals surface area contributed by atoms with Crippen LogP contribution in [0.4, 0.5) is 11.4 Å². The maximum atomic E-state index is 5.79. The van der Waals surface area contributed by atoms with Gasteiger partial charge in [-0.3, -0.25) is 0 Å². The van der Waals surface area contributed by atoms with Gasteiger partial charge in [0, 0.05) is 17.4 Å². The van der Waals surface area contributed by atoms with Crippen LogP contribution in [0.1, 0.15) is 39.2 Å². The summed E-state index contributed by atoms with van der Waals surface area (Å²) < 4.78 is 0. The molecule has 0 spiro atoms. The molecule has 0 radical (unpaired) electrons. The molecule has 2 unspecified atom stereocenters. The maximum Gasteiger partial charge on any atom is 0.0346 e. The number of benzene rings is 1. The third-order valence-corrected chi connectivity index (χ3v) is 3.14. The molecule has 0 aromatic heterocycles. The molecule has 0 aliphatic carbocycles. The monoisotopic (exact) mass is 220 g/mol. The number of rotatable bonds is 5. The Balaban J connectivity index is 2.56. The zero-order chi connectivity index (χ0) is 12.1. The Bertz CT molecular complexity index is 334. The van der Waals surface area contributed by atoms with Crippen LogP contribution in [0, 0.1) is 12.8 Å². The van der Waals surface area contributed by atoms with Crippen LogP contribution in [0.25, 0.3) is 0 Å². The maximum absolute atomic E-state index is 5.79. The summed E-state index contributed by atoms with van der Waals surface area (Å²) in [5.41, 5.74) is 8.96. The highest BCUT2D eigenvalue weighted by molar-refractivity contribution is 5.56. The molecular weight excluding hydrogens is 196 g/mol. The predicted molar refractivity (Wildman–Crippen MR) is 72.7 cm³/mol. The van der Waals surface area contributed by atoms with Crippen molar-refractivity contribution in [2.45, 2.75) is 46.6 Å². The van der Waals surface area contributed by atoms with E-state index in [4.69, 9.17) is 5.73 Å². The van der Waals surface area contributed by atoms with Crippen molar-refractivity contribution in [1.29, 1.82) is 0 Å². The second-order valence-corrected chi connectivity index (χ2v) is 4.87. The van der Waals surface area contributed by atoms with Gasteiger partial charge in [-0.15, -0.1) is 0 Å². The van der Waals surface area contributed by atoms with E-state index < -0.39 is 0 Å². The summed E-state index contributed by atoms with van der Waals surface area (Å²) in [6.45, 7) is 8.81. The summed E-state index contributed by atoms with van der Waals surface area (Å²) in [5, 5.41) is 3.52. The number of hydrogen-bond donors (Lipinski definition) is 2. The van der Waals surface area contributed by atoms with Crippen LogP contribution in [0.2, 0.25) is 0 Å². The van der Waals surface area contributed by atoms with Crippen molar-refractivity contribution in [1.82, 2.24) is 0 Å². The van der Waals surface area contributed by atoms with Gasteiger partial charge in [0.25, 0.3) is 0 Å². The van der Waals surface area contributed by atoms with Gasteiger partial charge in [-0.1, -0.05) is 20.3 Å². The Morgan fingerprint density at radius 1 is 1.31 bits per heavy atom. The molecule has 3 N–H and O–H groups in total. The van der Waals surface area contributed by atoms with Gasteiger partial charge in [-0.05, 0) is 49.9 Å². The highest BCUT2D eigenvalue weighted by atomic mass is 14.9. The van der Waals surface area contributed by atoms with Crippen LogP contribution in [0.3, 0.4) is 0 Å². The molecule has 2 atom stereocenters. The van der Waals surface area contributed by atoms with Crippen LogP contribution in [-0.2, 0) is 0 Å². The zero-order valence-corrected chi connectivity index (χ0v) is 10.9. The molecule has 0 aliphatic heterocycles. The van der Waals surface area contributed by atoms with Crippen molar-refractivity contribution < 1.29 is 0 Å². The standard InChI is InChI=1S/C14H24N2/c1-5-10(2)8-12(4)16-13-6-7-14(15)11(3)9-13/h6-7,9-10,12,16H,5,8,15H2,1-4H3. The van der Waals surface area contributed by atoms with E-state index in [9.17, 15) is 0 Å². The molecule has 1 rings (SSSR count). The van der Waals surface area contributed by atoms with E-state index in [1.807, 2.05) is 13.0 Å². The highest BCUT2D eigenvalue weighted by Gasteiger charge is 2.07. The summed E-state index contributed by atoms with van der Waals surface area (Å²) in [4.78, 5) is 0. The lowest BCUT2D eigenvalue weighted by atomic mass is 10.00. The van der Waals surface area contributed by atoms with Gasteiger partial charge in [-0.2, -0.15) is 0 Å². The van der Waals surface area contributed by atoms with Gasteiger partial charge >= 0.3 is 0 Å². The van der Waals surface area contributed by atoms with Crippen molar-refractivity contribution in [3.63, 3.8) is 0 Å². The molecular formula is C14H24N2. The lowest BCUT2D eigenvalue weighted by Gasteiger charge is -2.19. The smallest absolute Gasteiger partial charge is 0.0346 e. The first-order valence-electron chi connectivity index (χ1n) is 6.15. The van der Waals surface area contributed by atoms with E-state index in [-0.39, 0.29) is 0 Å². The fourth-order valence-corrected chi connectivity index (χ4v) is 1.88. The van der Waals surface area contributed by atoms with E-state index in [0.717, 1.165) is 17.2 Å². The minimum Gasteiger partial charge on any atom is -0.399 e. The Labute approximate surface area is 99.2 Å². The lowest BCUT2D eigenvalue weighted by Crippen LogP contribution is -2.18. The number of nitrogen functional groups attached to an aromatic ring is 1. The summed E-state index contributed by atoms with van der Waals surface area (Å²) >= 11 is 0. The SMILES string of the molecule is CCC(C)CC(C)Nc1ccc(N)c(C)c1. The van der Waals surface area contributed by atoms with Gasteiger partial charge in [0.1, 0.15) is 0 Å². The van der Waals surface area contributed by atoms with Gasteiger partial charge in [0.15, 0.2) is 0 Å². The topological polar surface area (TPSA) is 38.0 Å². The highest BCUT2D eigenvalue weighted by Crippen LogP contribution is 2.19. The molecule has 0 bridgehead atoms. The minimum atomic E-state index is 0.512. The van der Waals surface area contributed by atoms with Gasteiger partial charge < -0.3 is 11.1 Å². The summed E-state index contributed by atoms with van der Waals surface area (Å²) in [6, 6.07) is 6.64. The van der Waals surface area contributed by atoms with Crippen LogP contribution in [0.5, 0.6) is 0 Å². The predicted octanol–water partition coefficient (Wildman–Crippen LogP) is 3.81. The molecule has 2 heteroatoms. The van der Waals surface area contributed by atoms with Crippen molar-refractivity contribution in [3.8, 4) is 0 Å². The molecule has 90 valence electrons. The largest absolute Gasteiger partial charge is 0.399 e. The summed E-state index contributed by atoms with van der Waals surface area (Å²) in [7, 11) is 0. The van der Waals surface area contributed by atoms with E-state index in [1.165, 1.54) is 18.5 Å². The molecule has 0 heterocycles. The number of anilines is 2. The van der Waals surface area contributed by atoms with Crippen molar-refractivity contribution in [2.75, 3.05) is 11.1 Å². The van der Waals surface area contributed by atoms with Crippen LogP contribution in [-0.4, -0.2) is 6.04 Å². The van der Waals surface area contributed by atoms with Crippen molar-refractivity contribution in [2.24, 2.45) is 5.92 Å². The van der Waals surface area contributed by atoms with Crippen LogP contribution >= 0.6 is 0 Å². The molecule has 0 fully saturated rings. The first-order valence-corrected chi connectivity index (χ1v) is 6.15. The average Bonchev–Trinajstić information content (AvgIpc) is 2.23. The molecule has 0 saturated heterocycles. The fraction of sp³-hybridized carbons (Fsp3) is 0.571. The van der Waals surface area contributed by atoms with E-state index in [0.29, 0.717) is 6.04 Å². The summed E-state index contributed by atoms with van der Waals surface area (Å²) in [6.07, 6.45) is 2.45. The Morgan fingerprint density at radius 2 is 2.00 bits per heavy atom. The molecule has 16 heavy (non-hydrogen) atoms. The van der Waals surface area contributed by atoms with E-state index in [1.54, 1.807) is 0 Å². The molecule has 1 aromatic carbocycles. The Morgan fingerprint density at radius 3 is 2.56 bits per heavy atom. The first kappa shape index (κ1) is 12.9. The minimum absolute atomic E-state index is 0.512. The van der Waals surface area contributed by atoms with Crippen molar-refractivity contribution >= 4 is 11.4 Å². The second-order valence-electron chi connectivity index (χ2n) is 4.87. The van der Waals surface area contributed by atoms with Crippen molar-refractivity contribution in [3.05, 3.63) is 23.8 Å². The lowest BCUT2D eigenvalue weighted by molar-refractivity contribution is 0.484. The number of nitrogens with two attached hydrogens (primary N) is 1. The zero-order valence-electron chi connectivity index (χ0n) is 10.9. The second kappa shape index (κ2) is 5.78.